The Bertz CT molecular complexity index is 629. The SMILES string of the molecule is CC(C)(C)c1cc2c(NCC3CCCC3Cl)nccn2n1. The Balaban J connectivity index is 1.83. The van der Waals surface area contributed by atoms with Crippen LogP contribution in [0.2, 0.25) is 0 Å². The van der Waals surface area contributed by atoms with E-state index in [1.165, 1.54) is 12.8 Å². The van der Waals surface area contributed by atoms with Crippen molar-refractivity contribution in [3.05, 3.63) is 24.2 Å². The number of hydrogen-bond donors (Lipinski definition) is 1. The van der Waals surface area contributed by atoms with Crippen molar-refractivity contribution in [2.45, 2.75) is 50.8 Å². The first-order valence-corrected chi connectivity index (χ1v) is 8.11. The molecule has 4 nitrogen and oxygen atoms in total. The molecular formula is C16H23ClN4. The molecule has 0 saturated heterocycles. The number of alkyl halides is 1. The Morgan fingerprint density at radius 3 is 2.86 bits per heavy atom. The standard InChI is InChI=1S/C16H23ClN4/c1-16(2,3)14-9-13-15(18-7-8-21(13)20-14)19-10-11-5-4-6-12(11)17/h7-9,11-12H,4-6,10H2,1-3H3,(H,18,19). The van der Waals surface area contributed by atoms with E-state index in [0.29, 0.717) is 11.3 Å². The van der Waals surface area contributed by atoms with E-state index in [-0.39, 0.29) is 5.41 Å². The third-order valence-corrected chi connectivity index (χ3v) is 4.83. The maximum Gasteiger partial charge on any atom is 0.152 e. The number of nitrogens with one attached hydrogen (secondary N) is 1. The Morgan fingerprint density at radius 2 is 2.19 bits per heavy atom. The highest BCUT2D eigenvalue weighted by Gasteiger charge is 2.25. The van der Waals surface area contributed by atoms with Gasteiger partial charge in [-0.05, 0) is 24.8 Å². The number of hydrogen-bond acceptors (Lipinski definition) is 3. The van der Waals surface area contributed by atoms with Gasteiger partial charge in [-0.25, -0.2) is 9.50 Å². The van der Waals surface area contributed by atoms with E-state index < -0.39 is 0 Å². The fourth-order valence-corrected chi connectivity index (χ4v) is 3.24. The summed E-state index contributed by atoms with van der Waals surface area (Å²) in [5.41, 5.74) is 2.15. The molecule has 1 aliphatic rings. The monoisotopic (exact) mass is 306 g/mol. The van der Waals surface area contributed by atoms with Crippen molar-refractivity contribution in [3.8, 4) is 0 Å². The summed E-state index contributed by atoms with van der Waals surface area (Å²) >= 11 is 6.35. The second-order valence-corrected chi connectivity index (χ2v) is 7.53. The first kappa shape index (κ1) is 14.6. The number of anilines is 1. The van der Waals surface area contributed by atoms with Crippen LogP contribution in [0.3, 0.4) is 0 Å². The predicted molar refractivity (Wildman–Crippen MR) is 87.2 cm³/mol. The highest BCUT2D eigenvalue weighted by atomic mass is 35.5. The van der Waals surface area contributed by atoms with Crippen molar-refractivity contribution in [2.75, 3.05) is 11.9 Å². The zero-order valence-electron chi connectivity index (χ0n) is 12.9. The van der Waals surface area contributed by atoms with Gasteiger partial charge in [-0.15, -0.1) is 11.6 Å². The Kier molecular flexibility index (Phi) is 3.82. The van der Waals surface area contributed by atoms with Crippen LogP contribution >= 0.6 is 11.6 Å². The van der Waals surface area contributed by atoms with Gasteiger partial charge < -0.3 is 5.32 Å². The lowest BCUT2D eigenvalue weighted by Crippen LogP contribution is -2.19. The molecule has 1 aliphatic carbocycles. The van der Waals surface area contributed by atoms with Crippen LogP contribution in [-0.4, -0.2) is 26.5 Å². The van der Waals surface area contributed by atoms with E-state index in [2.05, 4.69) is 42.2 Å². The second-order valence-electron chi connectivity index (χ2n) is 6.97. The zero-order valence-corrected chi connectivity index (χ0v) is 13.7. The van der Waals surface area contributed by atoms with Gasteiger partial charge in [-0.2, -0.15) is 5.10 Å². The summed E-state index contributed by atoms with van der Waals surface area (Å²) in [4.78, 5) is 4.47. The molecule has 5 heteroatoms. The van der Waals surface area contributed by atoms with Gasteiger partial charge in [0.1, 0.15) is 5.52 Å². The molecule has 2 atom stereocenters. The molecule has 1 fully saturated rings. The molecule has 114 valence electrons. The van der Waals surface area contributed by atoms with Crippen molar-refractivity contribution in [2.24, 2.45) is 5.92 Å². The molecule has 2 heterocycles. The maximum atomic E-state index is 6.35. The van der Waals surface area contributed by atoms with Gasteiger partial charge in [-0.1, -0.05) is 27.2 Å². The molecule has 3 rings (SSSR count). The van der Waals surface area contributed by atoms with Gasteiger partial charge in [0.25, 0.3) is 0 Å². The van der Waals surface area contributed by atoms with Crippen LogP contribution in [-0.2, 0) is 5.41 Å². The number of rotatable bonds is 3. The fraction of sp³-hybridized carbons (Fsp3) is 0.625. The summed E-state index contributed by atoms with van der Waals surface area (Å²) in [5, 5.41) is 8.42. The highest BCUT2D eigenvalue weighted by Crippen LogP contribution is 2.31. The average molecular weight is 307 g/mol. The van der Waals surface area contributed by atoms with Gasteiger partial charge in [0.05, 0.1) is 5.69 Å². The minimum Gasteiger partial charge on any atom is -0.368 e. The van der Waals surface area contributed by atoms with Crippen LogP contribution in [0.5, 0.6) is 0 Å². The van der Waals surface area contributed by atoms with Gasteiger partial charge >= 0.3 is 0 Å². The molecule has 2 unspecified atom stereocenters. The topological polar surface area (TPSA) is 42.2 Å². The average Bonchev–Trinajstić information content (AvgIpc) is 3.02. The molecule has 2 aromatic heterocycles. The zero-order chi connectivity index (χ0) is 15.0. The molecule has 2 aromatic rings. The van der Waals surface area contributed by atoms with Crippen molar-refractivity contribution in [1.29, 1.82) is 0 Å². The van der Waals surface area contributed by atoms with E-state index in [0.717, 1.165) is 30.0 Å². The van der Waals surface area contributed by atoms with Gasteiger partial charge in [0, 0.05) is 29.7 Å². The van der Waals surface area contributed by atoms with Crippen LogP contribution < -0.4 is 5.32 Å². The summed E-state index contributed by atoms with van der Waals surface area (Å²) in [6.45, 7) is 7.40. The normalized spacial score (nSPS) is 22.9. The molecule has 1 saturated carbocycles. The first-order valence-electron chi connectivity index (χ1n) is 7.68. The first-order chi connectivity index (χ1) is 9.95. The lowest BCUT2D eigenvalue weighted by atomic mass is 9.92. The summed E-state index contributed by atoms with van der Waals surface area (Å²) in [6.07, 6.45) is 7.26. The number of nitrogens with zero attached hydrogens (tertiary/aromatic N) is 3. The molecule has 0 aromatic carbocycles. The molecule has 0 spiro atoms. The van der Waals surface area contributed by atoms with Crippen molar-refractivity contribution in [1.82, 2.24) is 14.6 Å². The lowest BCUT2D eigenvalue weighted by Gasteiger charge is -2.15. The largest absolute Gasteiger partial charge is 0.368 e. The summed E-state index contributed by atoms with van der Waals surface area (Å²) in [6, 6.07) is 2.13. The van der Waals surface area contributed by atoms with Gasteiger partial charge in [0.15, 0.2) is 5.82 Å². The molecule has 0 radical (unpaired) electrons. The quantitative estimate of drug-likeness (QED) is 0.876. The lowest BCUT2D eigenvalue weighted by molar-refractivity contribution is 0.562. The predicted octanol–water partition coefficient (Wildman–Crippen LogP) is 3.85. The third kappa shape index (κ3) is 3.00. The number of fused-ring (bicyclic) bond motifs is 1. The number of aromatic nitrogens is 3. The van der Waals surface area contributed by atoms with Gasteiger partial charge in [0.2, 0.25) is 0 Å². The van der Waals surface area contributed by atoms with E-state index in [1.54, 1.807) is 6.20 Å². The van der Waals surface area contributed by atoms with Crippen molar-refractivity contribution < 1.29 is 0 Å². The Hall–Kier alpha value is -1.29. The number of halogens is 1. The minimum absolute atomic E-state index is 0.0377. The Morgan fingerprint density at radius 1 is 1.38 bits per heavy atom. The van der Waals surface area contributed by atoms with Crippen molar-refractivity contribution in [3.63, 3.8) is 0 Å². The summed E-state index contributed by atoms with van der Waals surface area (Å²) in [5.74, 6) is 1.44. The van der Waals surface area contributed by atoms with Crippen LogP contribution in [0.15, 0.2) is 18.5 Å². The molecule has 0 bridgehead atoms. The van der Waals surface area contributed by atoms with Crippen molar-refractivity contribution >= 4 is 22.9 Å². The van der Waals surface area contributed by atoms with E-state index >= 15 is 0 Å². The smallest absolute Gasteiger partial charge is 0.152 e. The fourth-order valence-electron chi connectivity index (χ4n) is 2.87. The summed E-state index contributed by atoms with van der Waals surface area (Å²) < 4.78 is 1.91. The molecular weight excluding hydrogens is 284 g/mol. The summed E-state index contributed by atoms with van der Waals surface area (Å²) in [7, 11) is 0. The molecule has 21 heavy (non-hydrogen) atoms. The Labute approximate surface area is 130 Å². The van der Waals surface area contributed by atoms with E-state index in [1.807, 2.05) is 10.7 Å². The minimum atomic E-state index is 0.0377. The third-order valence-electron chi connectivity index (χ3n) is 4.26. The van der Waals surface area contributed by atoms with E-state index in [9.17, 15) is 0 Å². The van der Waals surface area contributed by atoms with Crippen LogP contribution in [0, 0.1) is 5.92 Å². The van der Waals surface area contributed by atoms with Crippen LogP contribution in [0.4, 0.5) is 5.82 Å². The molecule has 0 aliphatic heterocycles. The van der Waals surface area contributed by atoms with Gasteiger partial charge in [-0.3, -0.25) is 0 Å². The van der Waals surface area contributed by atoms with E-state index in [4.69, 9.17) is 11.6 Å². The molecule has 0 amide bonds. The maximum absolute atomic E-state index is 6.35. The molecule has 1 N–H and O–H groups in total. The van der Waals surface area contributed by atoms with Crippen LogP contribution in [0.1, 0.15) is 45.7 Å². The second kappa shape index (κ2) is 5.48. The highest BCUT2D eigenvalue weighted by molar-refractivity contribution is 6.21. The van der Waals surface area contributed by atoms with Crippen LogP contribution in [0.25, 0.3) is 5.52 Å².